The van der Waals surface area contributed by atoms with Gasteiger partial charge in [0.25, 0.3) is 14.7 Å². The highest BCUT2D eigenvalue weighted by molar-refractivity contribution is 7.69. The molecule has 61 heavy (non-hydrogen) atoms. The van der Waals surface area contributed by atoms with Crippen LogP contribution in [-0.4, -0.2) is 5.11 Å². The molecule has 4 unspecified atom stereocenters. The Kier molecular flexibility index (Phi) is 15.1. The van der Waals surface area contributed by atoms with Crippen LogP contribution in [0.3, 0.4) is 0 Å². The monoisotopic (exact) mass is 856 g/mol. The van der Waals surface area contributed by atoms with Gasteiger partial charge in [0.1, 0.15) is 11.5 Å². The lowest BCUT2D eigenvalue weighted by molar-refractivity contribution is 0.194. The van der Waals surface area contributed by atoms with Gasteiger partial charge in [0, 0.05) is 11.1 Å². The molecule has 4 atom stereocenters. The topological polar surface area (TPSA) is 72.8 Å². The first-order valence-electron chi connectivity index (χ1n) is 21.7. The molecule has 5 aromatic carbocycles. The minimum absolute atomic E-state index is 0.308. The summed E-state index contributed by atoms with van der Waals surface area (Å²) in [6, 6.07) is 39.8. The highest BCUT2D eigenvalue weighted by Crippen LogP contribution is 2.73. The van der Waals surface area contributed by atoms with Crippen molar-refractivity contribution in [1.82, 2.24) is 0 Å². The summed E-state index contributed by atoms with van der Waals surface area (Å²) in [6.07, 6.45) is 10.9. The van der Waals surface area contributed by atoms with Crippen LogP contribution in [-0.2, 0) is 14.3 Å². The predicted octanol–water partition coefficient (Wildman–Crippen LogP) is 16.1. The van der Waals surface area contributed by atoms with E-state index in [-0.39, 0.29) is 5.41 Å². The first-order valence-corrected chi connectivity index (χ1v) is 25.0. The molecule has 7 rings (SSSR count). The van der Waals surface area contributed by atoms with E-state index in [2.05, 4.69) is 80.2 Å². The van der Waals surface area contributed by atoms with Gasteiger partial charge in [0.05, 0.1) is 27.2 Å². The van der Waals surface area contributed by atoms with Gasteiger partial charge in [-0.25, -0.2) is 0 Å². The molecule has 0 fully saturated rings. The summed E-state index contributed by atoms with van der Waals surface area (Å²) in [7, 11) is -6.92. The molecule has 0 aromatic heterocycles. The fourth-order valence-corrected chi connectivity index (χ4v) is 14.1. The van der Waals surface area contributed by atoms with Crippen molar-refractivity contribution in [3.05, 3.63) is 169 Å². The molecular formula is C54H66O5P2. The zero-order valence-electron chi connectivity index (χ0n) is 37.9. The van der Waals surface area contributed by atoms with Gasteiger partial charge in [-0.15, -0.1) is 0 Å². The molecule has 2 aliphatic heterocycles. The third kappa shape index (κ3) is 9.21. The Hall–Kier alpha value is -4.82. The van der Waals surface area contributed by atoms with Crippen LogP contribution >= 0.6 is 14.7 Å². The van der Waals surface area contributed by atoms with Crippen LogP contribution in [0.15, 0.2) is 158 Å². The minimum atomic E-state index is -3.57. The van der Waals surface area contributed by atoms with Crippen LogP contribution in [0.5, 0.6) is 11.5 Å². The van der Waals surface area contributed by atoms with Crippen LogP contribution in [0.4, 0.5) is 0 Å². The molecule has 0 aliphatic carbocycles. The fraction of sp³-hybridized carbons (Fsp3) is 0.333. The van der Waals surface area contributed by atoms with Crippen molar-refractivity contribution in [2.45, 2.75) is 106 Å². The molecule has 5 nitrogen and oxygen atoms in total. The molecule has 0 radical (unpaired) electrons. The molecular weight excluding hydrogens is 791 g/mol. The molecule has 2 aliphatic rings. The highest BCUT2D eigenvalue weighted by atomic mass is 31.2. The van der Waals surface area contributed by atoms with Crippen molar-refractivity contribution < 1.29 is 23.3 Å². The van der Waals surface area contributed by atoms with E-state index in [0.29, 0.717) is 22.7 Å². The Labute approximate surface area is 366 Å². The average molecular weight is 857 g/mol. The van der Waals surface area contributed by atoms with Gasteiger partial charge >= 0.3 is 0 Å². The fourth-order valence-electron chi connectivity index (χ4n) is 8.09. The van der Waals surface area contributed by atoms with E-state index in [1.807, 2.05) is 110 Å². The number of hydrogen-bond donors (Lipinski definition) is 1. The summed E-state index contributed by atoms with van der Waals surface area (Å²) in [6.45, 7) is 24.9. The van der Waals surface area contributed by atoms with Crippen molar-refractivity contribution in [3.8, 4) is 33.8 Å². The number of fused-ring (bicyclic) bond motifs is 6. The van der Waals surface area contributed by atoms with Gasteiger partial charge in [-0.3, -0.25) is 9.13 Å². The molecule has 1 N–H and O–H groups in total. The molecule has 0 saturated heterocycles. The zero-order valence-corrected chi connectivity index (χ0v) is 39.7. The van der Waals surface area contributed by atoms with E-state index in [4.69, 9.17) is 14.2 Å². The van der Waals surface area contributed by atoms with E-state index in [0.717, 1.165) is 56.8 Å². The summed E-state index contributed by atoms with van der Waals surface area (Å²) >= 11 is 0. The quantitative estimate of drug-likeness (QED) is 0.0814. The molecule has 5 aromatic rings. The number of aliphatic hydroxyl groups is 1. The van der Waals surface area contributed by atoms with Crippen LogP contribution in [0.25, 0.3) is 22.3 Å². The second-order valence-corrected chi connectivity index (χ2v) is 22.6. The first-order chi connectivity index (χ1) is 29.0. The number of rotatable bonds is 11. The molecule has 0 bridgehead atoms. The summed E-state index contributed by atoms with van der Waals surface area (Å²) in [5.74, 6) is 1.61. The number of allylic oxidation sites excluding steroid dienone is 5. The Morgan fingerprint density at radius 3 is 1.57 bits per heavy atom. The maximum atomic E-state index is 15.9. The Morgan fingerprint density at radius 1 is 0.639 bits per heavy atom. The standard InChI is InChI=1S/C40H40O4P2.C7H10O.C7H16/c1-6-39(4,7-2)40(5,46(42)38-23-15-11-19-34(38)32-17-9-13-21-36(32)44-46)30-26-24-29(25-27-30)28(3)45(41)37-22-14-10-18-33(37)31-16-8-12-20-35(31)43-45;1-3-4-5-6-7(2)8;1-5-7(3,4)6-2/h8-28H,6-7H2,1-5H3;3-6,8H,1H2,2H3;5-6H2,1-4H3/b;5-4-,7-6+;. The second kappa shape index (κ2) is 19.5. The maximum absolute atomic E-state index is 15.9. The summed E-state index contributed by atoms with van der Waals surface area (Å²) in [5, 5.41) is 9.19. The van der Waals surface area contributed by atoms with Crippen molar-refractivity contribution in [3.63, 3.8) is 0 Å². The largest absolute Gasteiger partial charge is 0.513 e. The number of para-hydroxylation sites is 2. The van der Waals surface area contributed by atoms with Crippen LogP contribution in [0, 0.1) is 10.8 Å². The van der Waals surface area contributed by atoms with Gasteiger partial charge in [-0.05, 0) is 97.0 Å². The summed E-state index contributed by atoms with van der Waals surface area (Å²) in [5.41, 5.74) is 5.51. The van der Waals surface area contributed by atoms with Crippen molar-refractivity contribution in [2.24, 2.45) is 10.8 Å². The zero-order chi connectivity index (χ0) is 44.6. The van der Waals surface area contributed by atoms with Crippen molar-refractivity contribution in [1.29, 1.82) is 0 Å². The predicted molar refractivity (Wildman–Crippen MR) is 260 cm³/mol. The molecule has 0 amide bonds. The molecule has 0 spiro atoms. The Morgan fingerprint density at radius 2 is 1.10 bits per heavy atom. The third-order valence-corrected chi connectivity index (χ3v) is 19.9. The van der Waals surface area contributed by atoms with E-state index in [9.17, 15) is 4.57 Å². The van der Waals surface area contributed by atoms with E-state index in [1.165, 1.54) is 12.8 Å². The first kappa shape index (κ1) is 47.2. The normalized spacial score (nSPS) is 19.3. The van der Waals surface area contributed by atoms with Gasteiger partial charge in [0.2, 0.25) is 0 Å². The molecule has 0 saturated carbocycles. The van der Waals surface area contributed by atoms with Gasteiger partial charge in [-0.1, -0.05) is 183 Å². The van der Waals surface area contributed by atoms with Crippen LogP contribution in [0.2, 0.25) is 0 Å². The van der Waals surface area contributed by atoms with E-state index >= 15 is 4.57 Å². The summed E-state index contributed by atoms with van der Waals surface area (Å²) < 4.78 is 44.0. The summed E-state index contributed by atoms with van der Waals surface area (Å²) in [4.78, 5) is 0. The molecule has 7 heteroatoms. The number of benzene rings is 5. The van der Waals surface area contributed by atoms with E-state index in [1.54, 1.807) is 31.2 Å². The molecule has 322 valence electrons. The lowest BCUT2D eigenvalue weighted by atomic mass is 9.70. The SMILES string of the molecule is C=C/C=C\C=C(/C)O.CCC(C)(C)CC.CCC(C)(CC)C(C)(c1ccc(C(C)P2(=O)Oc3ccccc3-c3ccccc32)cc1)P1(=O)Oc2ccccc2-c2ccccc21. The third-order valence-electron chi connectivity index (χ3n) is 13.6. The van der Waals surface area contributed by atoms with Crippen LogP contribution < -0.4 is 19.7 Å². The van der Waals surface area contributed by atoms with Gasteiger partial charge in [0.15, 0.2) is 0 Å². The molecule has 2 heterocycles. The van der Waals surface area contributed by atoms with Crippen LogP contribution in [0.1, 0.15) is 112 Å². The highest BCUT2D eigenvalue weighted by Gasteiger charge is 2.60. The Bertz CT molecular complexity index is 2450. The lowest BCUT2D eigenvalue weighted by Crippen LogP contribution is -2.45. The van der Waals surface area contributed by atoms with Gasteiger partial charge < -0.3 is 14.2 Å². The second-order valence-electron chi connectivity index (χ2n) is 17.3. The average Bonchev–Trinajstić information content (AvgIpc) is 3.29. The maximum Gasteiger partial charge on any atom is 0.288 e. The van der Waals surface area contributed by atoms with Crippen molar-refractivity contribution >= 4 is 25.3 Å². The van der Waals surface area contributed by atoms with E-state index < -0.39 is 25.6 Å². The Balaban J connectivity index is 0.000000402. The number of aliphatic hydroxyl groups excluding tert-OH is 1. The minimum Gasteiger partial charge on any atom is -0.513 e. The number of hydrogen-bond acceptors (Lipinski definition) is 5. The van der Waals surface area contributed by atoms with Crippen molar-refractivity contribution in [2.75, 3.05) is 0 Å². The lowest BCUT2D eigenvalue weighted by Gasteiger charge is -2.51. The van der Waals surface area contributed by atoms with Gasteiger partial charge in [-0.2, -0.15) is 0 Å². The smallest absolute Gasteiger partial charge is 0.288 e.